The van der Waals surface area contributed by atoms with E-state index in [1.165, 1.54) is 43.4 Å². The van der Waals surface area contributed by atoms with Crippen molar-refractivity contribution in [3.05, 3.63) is 77.4 Å². The number of anilines is 1. The third-order valence-electron chi connectivity index (χ3n) is 6.36. The fourth-order valence-corrected chi connectivity index (χ4v) is 4.30. The van der Waals surface area contributed by atoms with Crippen LogP contribution in [-0.2, 0) is 16.4 Å². The highest BCUT2D eigenvalue weighted by atomic mass is 19.4. The molecule has 0 spiro atoms. The van der Waals surface area contributed by atoms with Crippen molar-refractivity contribution in [1.29, 1.82) is 0 Å². The Morgan fingerprint density at radius 2 is 1.74 bits per heavy atom. The second-order valence-corrected chi connectivity index (χ2v) is 8.52. The topological polar surface area (TPSA) is 76.7 Å². The molecule has 0 aromatic heterocycles. The van der Waals surface area contributed by atoms with E-state index >= 15 is 0 Å². The number of rotatable bonds is 5. The normalized spacial score (nSPS) is 15.4. The van der Waals surface area contributed by atoms with E-state index in [9.17, 15) is 22.8 Å². The molecule has 3 aromatic carbocycles. The fraction of sp³-hybridized carbons (Fsp3) is 0.231. The number of amides is 2. The van der Waals surface area contributed by atoms with Crippen LogP contribution in [0.25, 0.3) is 11.1 Å². The molecule has 0 bridgehead atoms. The summed E-state index contributed by atoms with van der Waals surface area (Å²) in [4.78, 5) is 25.1. The van der Waals surface area contributed by atoms with Crippen molar-refractivity contribution in [2.45, 2.75) is 24.4 Å². The molecule has 2 amide bonds. The SMILES string of the molecule is CNC(=O)c1cccc(-c2ccc(NC(=O)C3(c4ccc5c(c4)OCO5)CC3)cc2C(F)(F)F)c1.[HH]. The largest absolute Gasteiger partial charge is 0.454 e. The van der Waals surface area contributed by atoms with Gasteiger partial charge in [-0.15, -0.1) is 0 Å². The molecule has 1 heterocycles. The van der Waals surface area contributed by atoms with Crippen LogP contribution in [0.1, 0.15) is 35.8 Å². The van der Waals surface area contributed by atoms with Gasteiger partial charge in [0.15, 0.2) is 11.5 Å². The number of nitrogens with one attached hydrogen (secondary N) is 2. The first kappa shape index (κ1) is 22.8. The molecule has 3 aromatic rings. The first-order valence-corrected chi connectivity index (χ1v) is 11.0. The van der Waals surface area contributed by atoms with Crippen LogP contribution in [-0.4, -0.2) is 25.7 Å². The molecule has 1 aliphatic heterocycles. The van der Waals surface area contributed by atoms with Gasteiger partial charge in [-0.1, -0.05) is 24.3 Å². The third-order valence-corrected chi connectivity index (χ3v) is 6.36. The molecule has 5 rings (SSSR count). The Labute approximate surface area is 200 Å². The van der Waals surface area contributed by atoms with Crippen LogP contribution < -0.4 is 20.1 Å². The number of ether oxygens (including phenoxy) is 2. The third kappa shape index (κ3) is 4.18. The predicted octanol–water partition coefficient (Wildman–Crippen LogP) is 5.38. The zero-order valence-corrected chi connectivity index (χ0v) is 18.7. The van der Waals surface area contributed by atoms with Gasteiger partial charge in [-0.25, -0.2) is 0 Å². The summed E-state index contributed by atoms with van der Waals surface area (Å²) in [6, 6.07) is 14.9. The van der Waals surface area contributed by atoms with E-state index in [0.717, 1.165) is 11.6 Å². The number of carbonyl (C=O) groups excluding carboxylic acids is 2. The lowest BCUT2D eigenvalue weighted by atomic mass is 9.94. The predicted molar refractivity (Wildman–Crippen MR) is 124 cm³/mol. The van der Waals surface area contributed by atoms with Crippen LogP contribution in [0.5, 0.6) is 11.5 Å². The summed E-state index contributed by atoms with van der Waals surface area (Å²) in [5.41, 5.74) is -0.543. The standard InChI is InChI=1S/C26H21F3N2O4.H2/c1-30-23(32)16-4-2-3-15(11-16)19-7-6-18(13-20(19)26(27,28)29)31-24(33)25(9-10-25)17-5-8-21-22(12-17)35-14-34-21;/h2-8,11-13H,9-10,14H2,1H3,(H,30,32)(H,31,33);1H. The number of halogens is 3. The Morgan fingerprint density at radius 3 is 2.46 bits per heavy atom. The van der Waals surface area contributed by atoms with Crippen molar-refractivity contribution in [3.63, 3.8) is 0 Å². The van der Waals surface area contributed by atoms with Crippen LogP contribution in [0.3, 0.4) is 0 Å². The Balaban J connectivity index is 0.00000304. The number of fused-ring (bicyclic) bond motifs is 1. The maximum atomic E-state index is 14.0. The van der Waals surface area contributed by atoms with E-state index in [1.807, 2.05) is 0 Å². The van der Waals surface area contributed by atoms with Gasteiger partial charge in [-0.3, -0.25) is 9.59 Å². The molecule has 0 saturated heterocycles. The van der Waals surface area contributed by atoms with Gasteiger partial charge in [0.25, 0.3) is 5.91 Å². The van der Waals surface area contributed by atoms with Crippen molar-refractivity contribution >= 4 is 17.5 Å². The molecular formula is C26H23F3N2O4. The van der Waals surface area contributed by atoms with Gasteiger partial charge < -0.3 is 20.1 Å². The summed E-state index contributed by atoms with van der Waals surface area (Å²) in [5.74, 6) is 0.363. The highest BCUT2D eigenvalue weighted by molar-refractivity contribution is 6.02. The first-order chi connectivity index (χ1) is 16.7. The number of carbonyl (C=O) groups is 2. The minimum absolute atomic E-state index is 0. The Morgan fingerprint density at radius 1 is 0.971 bits per heavy atom. The summed E-state index contributed by atoms with van der Waals surface area (Å²) in [6.45, 7) is 0.108. The second-order valence-electron chi connectivity index (χ2n) is 8.52. The van der Waals surface area contributed by atoms with Crippen LogP contribution >= 0.6 is 0 Å². The molecule has 2 aliphatic rings. The Bertz CT molecular complexity index is 1340. The molecule has 1 saturated carbocycles. The van der Waals surface area contributed by atoms with Crippen molar-refractivity contribution in [2.24, 2.45) is 0 Å². The number of benzene rings is 3. The summed E-state index contributed by atoms with van der Waals surface area (Å²) < 4.78 is 52.7. The van der Waals surface area contributed by atoms with Gasteiger partial charge in [-0.2, -0.15) is 13.2 Å². The monoisotopic (exact) mass is 484 g/mol. The molecule has 2 N–H and O–H groups in total. The lowest BCUT2D eigenvalue weighted by Crippen LogP contribution is -2.28. The number of alkyl halides is 3. The quantitative estimate of drug-likeness (QED) is 0.510. The maximum absolute atomic E-state index is 14.0. The number of hydrogen-bond donors (Lipinski definition) is 2. The Hall–Kier alpha value is -4.01. The first-order valence-electron chi connectivity index (χ1n) is 11.0. The van der Waals surface area contributed by atoms with E-state index in [-0.39, 0.29) is 36.5 Å². The van der Waals surface area contributed by atoms with Gasteiger partial charge in [-0.05, 0) is 65.9 Å². The van der Waals surface area contributed by atoms with Crippen molar-refractivity contribution in [2.75, 3.05) is 19.2 Å². The second kappa shape index (κ2) is 8.33. The molecule has 35 heavy (non-hydrogen) atoms. The van der Waals surface area contributed by atoms with Gasteiger partial charge in [0.05, 0.1) is 11.0 Å². The van der Waals surface area contributed by atoms with E-state index < -0.39 is 23.1 Å². The molecule has 6 nitrogen and oxygen atoms in total. The van der Waals surface area contributed by atoms with Crippen LogP contribution in [0, 0.1) is 0 Å². The molecular weight excluding hydrogens is 461 g/mol. The number of hydrogen-bond acceptors (Lipinski definition) is 4. The average Bonchev–Trinajstić information content (AvgIpc) is 3.54. The molecule has 1 fully saturated rings. The highest BCUT2D eigenvalue weighted by Gasteiger charge is 2.51. The zero-order chi connectivity index (χ0) is 24.8. The van der Waals surface area contributed by atoms with E-state index in [1.54, 1.807) is 18.2 Å². The van der Waals surface area contributed by atoms with Crippen LogP contribution in [0.2, 0.25) is 0 Å². The van der Waals surface area contributed by atoms with Crippen molar-refractivity contribution in [3.8, 4) is 22.6 Å². The molecule has 0 unspecified atom stereocenters. The maximum Gasteiger partial charge on any atom is 0.417 e. The molecule has 0 atom stereocenters. The molecule has 0 radical (unpaired) electrons. The minimum atomic E-state index is -4.67. The summed E-state index contributed by atoms with van der Waals surface area (Å²) in [5, 5.41) is 5.12. The van der Waals surface area contributed by atoms with Crippen LogP contribution in [0.15, 0.2) is 60.7 Å². The fourth-order valence-electron chi connectivity index (χ4n) is 4.30. The molecule has 9 heteroatoms. The van der Waals surface area contributed by atoms with E-state index in [0.29, 0.717) is 24.3 Å². The van der Waals surface area contributed by atoms with Crippen molar-refractivity contribution in [1.82, 2.24) is 5.32 Å². The summed E-state index contributed by atoms with van der Waals surface area (Å²) in [6.07, 6.45) is -3.52. The summed E-state index contributed by atoms with van der Waals surface area (Å²) >= 11 is 0. The van der Waals surface area contributed by atoms with Crippen molar-refractivity contribution < 1.29 is 33.7 Å². The van der Waals surface area contributed by atoms with Gasteiger partial charge in [0.2, 0.25) is 12.7 Å². The van der Waals surface area contributed by atoms with E-state index in [2.05, 4.69) is 10.6 Å². The van der Waals surface area contributed by atoms with Gasteiger partial charge in [0, 0.05) is 19.7 Å². The zero-order valence-electron chi connectivity index (χ0n) is 18.7. The Kier molecular flexibility index (Phi) is 5.42. The van der Waals surface area contributed by atoms with E-state index in [4.69, 9.17) is 9.47 Å². The van der Waals surface area contributed by atoms with Crippen LogP contribution in [0.4, 0.5) is 18.9 Å². The van der Waals surface area contributed by atoms with Gasteiger partial charge in [0.1, 0.15) is 0 Å². The van der Waals surface area contributed by atoms with Gasteiger partial charge >= 0.3 is 6.18 Å². The molecule has 1 aliphatic carbocycles. The minimum Gasteiger partial charge on any atom is -0.454 e. The molecule has 182 valence electrons. The average molecular weight is 484 g/mol. The summed E-state index contributed by atoms with van der Waals surface area (Å²) in [7, 11) is 1.45. The highest BCUT2D eigenvalue weighted by Crippen LogP contribution is 2.51. The lowest BCUT2D eigenvalue weighted by Gasteiger charge is -2.19. The lowest BCUT2D eigenvalue weighted by molar-refractivity contribution is -0.137. The smallest absolute Gasteiger partial charge is 0.417 e.